The Balaban J connectivity index is 1.65. The molecule has 2 heterocycles. The number of aromatic nitrogens is 2. The Morgan fingerprint density at radius 3 is 2.89 bits per heavy atom. The summed E-state index contributed by atoms with van der Waals surface area (Å²) in [6.07, 6.45) is 3.21. The predicted octanol–water partition coefficient (Wildman–Crippen LogP) is 0.268. The van der Waals surface area contributed by atoms with Gasteiger partial charge in [0, 0.05) is 32.1 Å². The zero-order chi connectivity index (χ0) is 13.4. The molecular weight excluding hydrogens is 242 g/mol. The molecule has 2 aliphatic rings. The first-order valence-electron chi connectivity index (χ1n) is 7.10. The quantitative estimate of drug-likeness (QED) is 0.842. The van der Waals surface area contributed by atoms with Crippen LogP contribution in [0.3, 0.4) is 0 Å². The van der Waals surface area contributed by atoms with Crippen molar-refractivity contribution in [1.82, 2.24) is 19.9 Å². The minimum absolute atomic E-state index is 0.181. The lowest BCUT2D eigenvalue weighted by Crippen LogP contribution is -2.45. The number of hydrogen-bond donors (Lipinski definition) is 1. The molecule has 1 aromatic heterocycles. The van der Waals surface area contributed by atoms with Gasteiger partial charge in [-0.05, 0) is 32.9 Å². The topological polar surface area (TPSA) is 71.4 Å². The lowest BCUT2D eigenvalue weighted by Gasteiger charge is -2.35. The highest BCUT2D eigenvalue weighted by atomic mass is 16.5. The van der Waals surface area contributed by atoms with E-state index in [0.717, 1.165) is 25.5 Å². The van der Waals surface area contributed by atoms with E-state index in [1.165, 1.54) is 12.8 Å². The van der Waals surface area contributed by atoms with Gasteiger partial charge < -0.3 is 15.2 Å². The van der Waals surface area contributed by atoms with Gasteiger partial charge in [0.15, 0.2) is 5.82 Å². The van der Waals surface area contributed by atoms with Crippen LogP contribution in [0.15, 0.2) is 4.52 Å². The minimum atomic E-state index is 0.181. The molecule has 1 saturated carbocycles. The van der Waals surface area contributed by atoms with Crippen molar-refractivity contribution >= 4 is 0 Å². The standard InChI is InChI=1S/C13H23N5O/c1-17-5-6-18(2)11(8-17)13-15-12(19-16-13)7-10(14)9-3-4-9/h9-11H,3-8,14H2,1-2H3. The number of rotatable bonds is 4. The molecular formula is C13H23N5O. The first-order valence-corrected chi connectivity index (χ1v) is 7.10. The molecule has 0 aromatic carbocycles. The van der Waals surface area contributed by atoms with Crippen molar-refractivity contribution < 1.29 is 4.52 Å². The summed E-state index contributed by atoms with van der Waals surface area (Å²) in [4.78, 5) is 9.13. The van der Waals surface area contributed by atoms with Gasteiger partial charge in [-0.1, -0.05) is 5.16 Å². The largest absolute Gasteiger partial charge is 0.339 e. The highest BCUT2D eigenvalue weighted by molar-refractivity contribution is 5.00. The molecule has 1 saturated heterocycles. The van der Waals surface area contributed by atoms with Gasteiger partial charge in [-0.3, -0.25) is 4.90 Å². The molecule has 0 bridgehead atoms. The van der Waals surface area contributed by atoms with Crippen molar-refractivity contribution in [2.45, 2.75) is 31.3 Å². The van der Waals surface area contributed by atoms with Crippen LogP contribution < -0.4 is 5.73 Å². The van der Waals surface area contributed by atoms with E-state index in [1.54, 1.807) is 0 Å². The maximum absolute atomic E-state index is 6.10. The molecule has 3 rings (SSSR count). The third-order valence-corrected chi connectivity index (χ3v) is 4.27. The smallest absolute Gasteiger partial charge is 0.228 e. The van der Waals surface area contributed by atoms with Crippen LogP contribution in [-0.2, 0) is 6.42 Å². The van der Waals surface area contributed by atoms with Gasteiger partial charge >= 0.3 is 0 Å². The summed E-state index contributed by atoms with van der Waals surface area (Å²) in [6.45, 7) is 3.07. The predicted molar refractivity (Wildman–Crippen MR) is 71.6 cm³/mol. The van der Waals surface area contributed by atoms with Gasteiger partial charge in [0.2, 0.25) is 5.89 Å². The van der Waals surface area contributed by atoms with Gasteiger partial charge in [0.1, 0.15) is 0 Å². The summed E-state index contributed by atoms with van der Waals surface area (Å²) in [5.74, 6) is 2.15. The Morgan fingerprint density at radius 1 is 1.37 bits per heavy atom. The van der Waals surface area contributed by atoms with Crippen LogP contribution in [0.4, 0.5) is 0 Å². The Kier molecular flexibility index (Phi) is 3.56. The van der Waals surface area contributed by atoms with Crippen LogP contribution in [-0.4, -0.2) is 59.7 Å². The molecule has 0 radical (unpaired) electrons. The minimum Gasteiger partial charge on any atom is -0.339 e. The van der Waals surface area contributed by atoms with Crippen LogP contribution in [0.25, 0.3) is 0 Å². The fraction of sp³-hybridized carbons (Fsp3) is 0.846. The molecule has 6 heteroatoms. The maximum atomic E-state index is 6.10. The number of likely N-dealkylation sites (N-methyl/N-ethyl adjacent to an activating group) is 2. The van der Waals surface area contributed by atoms with E-state index >= 15 is 0 Å². The average molecular weight is 265 g/mol. The summed E-state index contributed by atoms with van der Waals surface area (Å²) in [5, 5.41) is 4.15. The van der Waals surface area contributed by atoms with Crippen molar-refractivity contribution in [1.29, 1.82) is 0 Å². The summed E-state index contributed by atoms with van der Waals surface area (Å²) < 4.78 is 5.36. The molecule has 2 N–H and O–H groups in total. The van der Waals surface area contributed by atoms with Crippen molar-refractivity contribution in [3.8, 4) is 0 Å². The monoisotopic (exact) mass is 265 g/mol. The molecule has 2 atom stereocenters. The summed E-state index contributed by atoms with van der Waals surface area (Å²) >= 11 is 0. The van der Waals surface area contributed by atoms with Crippen molar-refractivity contribution in [3.63, 3.8) is 0 Å². The Hall–Kier alpha value is -0.980. The van der Waals surface area contributed by atoms with Gasteiger partial charge in [-0.15, -0.1) is 0 Å². The highest BCUT2D eigenvalue weighted by Gasteiger charge is 2.31. The zero-order valence-corrected chi connectivity index (χ0v) is 11.7. The summed E-state index contributed by atoms with van der Waals surface area (Å²) in [7, 11) is 4.24. The number of nitrogens with two attached hydrogens (primary N) is 1. The lowest BCUT2D eigenvalue weighted by molar-refractivity contribution is 0.108. The molecule has 0 amide bonds. The molecule has 1 aromatic rings. The molecule has 1 aliphatic heterocycles. The van der Waals surface area contributed by atoms with Crippen LogP contribution in [0.1, 0.15) is 30.6 Å². The van der Waals surface area contributed by atoms with E-state index in [-0.39, 0.29) is 12.1 Å². The van der Waals surface area contributed by atoms with E-state index in [0.29, 0.717) is 18.2 Å². The van der Waals surface area contributed by atoms with Crippen LogP contribution in [0, 0.1) is 5.92 Å². The highest BCUT2D eigenvalue weighted by Crippen LogP contribution is 2.32. The number of hydrogen-bond acceptors (Lipinski definition) is 6. The normalized spacial score (nSPS) is 27.6. The first-order chi connectivity index (χ1) is 9.13. The second-order valence-electron chi connectivity index (χ2n) is 6.01. The van der Waals surface area contributed by atoms with Gasteiger partial charge in [-0.2, -0.15) is 4.98 Å². The number of piperazine rings is 1. The van der Waals surface area contributed by atoms with Gasteiger partial charge in [0.05, 0.1) is 6.04 Å². The van der Waals surface area contributed by atoms with Gasteiger partial charge in [0.25, 0.3) is 0 Å². The summed E-state index contributed by atoms with van der Waals surface area (Å²) in [5.41, 5.74) is 6.10. The van der Waals surface area contributed by atoms with E-state index in [4.69, 9.17) is 10.3 Å². The van der Waals surface area contributed by atoms with Crippen molar-refractivity contribution in [2.24, 2.45) is 11.7 Å². The Labute approximate surface area is 113 Å². The molecule has 2 unspecified atom stereocenters. The SMILES string of the molecule is CN1CCN(C)C(c2noc(CC(N)C3CC3)n2)C1. The van der Waals surface area contributed by atoms with E-state index < -0.39 is 0 Å². The Morgan fingerprint density at radius 2 is 2.16 bits per heavy atom. The molecule has 106 valence electrons. The van der Waals surface area contributed by atoms with Crippen LogP contribution in [0.5, 0.6) is 0 Å². The fourth-order valence-corrected chi connectivity index (χ4v) is 2.67. The third kappa shape index (κ3) is 2.96. The molecule has 2 fully saturated rings. The van der Waals surface area contributed by atoms with Gasteiger partial charge in [-0.25, -0.2) is 0 Å². The Bertz CT molecular complexity index is 430. The van der Waals surface area contributed by atoms with Crippen LogP contribution >= 0.6 is 0 Å². The average Bonchev–Trinajstić information content (AvgIpc) is 3.14. The molecule has 0 spiro atoms. The second-order valence-corrected chi connectivity index (χ2v) is 6.01. The van der Waals surface area contributed by atoms with E-state index in [2.05, 4.69) is 34.0 Å². The number of nitrogens with zero attached hydrogens (tertiary/aromatic N) is 4. The lowest BCUT2D eigenvalue weighted by atomic mass is 10.1. The summed E-state index contributed by atoms with van der Waals surface area (Å²) in [6, 6.07) is 0.411. The third-order valence-electron chi connectivity index (χ3n) is 4.27. The fourth-order valence-electron chi connectivity index (χ4n) is 2.67. The first kappa shape index (κ1) is 13.0. The van der Waals surface area contributed by atoms with Crippen molar-refractivity contribution in [2.75, 3.05) is 33.7 Å². The second kappa shape index (κ2) is 5.19. The molecule has 1 aliphatic carbocycles. The molecule has 19 heavy (non-hydrogen) atoms. The van der Waals surface area contributed by atoms with E-state index in [9.17, 15) is 0 Å². The molecule has 6 nitrogen and oxygen atoms in total. The maximum Gasteiger partial charge on any atom is 0.228 e. The van der Waals surface area contributed by atoms with Crippen LogP contribution in [0.2, 0.25) is 0 Å². The van der Waals surface area contributed by atoms with E-state index in [1.807, 2.05) is 0 Å². The van der Waals surface area contributed by atoms with Crippen molar-refractivity contribution in [3.05, 3.63) is 11.7 Å². The zero-order valence-electron chi connectivity index (χ0n) is 11.7.